The van der Waals surface area contributed by atoms with E-state index in [1.807, 2.05) is 61.5 Å². The fourth-order valence-corrected chi connectivity index (χ4v) is 3.33. The first-order chi connectivity index (χ1) is 14.6. The van der Waals surface area contributed by atoms with Crippen LogP contribution in [0.15, 0.2) is 60.8 Å². The van der Waals surface area contributed by atoms with Gasteiger partial charge >= 0.3 is 0 Å². The number of anilines is 1. The van der Waals surface area contributed by atoms with Crippen LogP contribution >= 0.6 is 0 Å². The van der Waals surface area contributed by atoms with E-state index in [-0.39, 0.29) is 17.9 Å². The van der Waals surface area contributed by atoms with Crippen LogP contribution in [0.2, 0.25) is 0 Å². The van der Waals surface area contributed by atoms with Crippen LogP contribution in [0.4, 0.5) is 5.82 Å². The zero-order chi connectivity index (χ0) is 21.1. The lowest BCUT2D eigenvalue weighted by Crippen LogP contribution is -2.18. The van der Waals surface area contributed by atoms with Gasteiger partial charge in [-0.3, -0.25) is 4.79 Å². The fraction of sp³-hybridized carbons (Fsp3) is 0.130. The van der Waals surface area contributed by atoms with Gasteiger partial charge in [0.2, 0.25) is 5.91 Å². The Hall–Kier alpha value is -4.18. The second-order valence-corrected chi connectivity index (χ2v) is 6.79. The molecule has 0 aliphatic carbocycles. The van der Waals surface area contributed by atoms with E-state index >= 15 is 0 Å². The predicted molar refractivity (Wildman–Crippen MR) is 114 cm³/mol. The molecular weight excluding hydrogens is 378 g/mol. The summed E-state index contributed by atoms with van der Waals surface area (Å²) in [7, 11) is 1.59. The number of hydrogen-bond donors (Lipinski definition) is 1. The van der Waals surface area contributed by atoms with Crippen molar-refractivity contribution in [2.75, 3.05) is 12.4 Å². The van der Waals surface area contributed by atoms with E-state index in [1.54, 1.807) is 7.11 Å². The van der Waals surface area contributed by atoms with E-state index in [2.05, 4.69) is 16.5 Å². The van der Waals surface area contributed by atoms with E-state index in [9.17, 15) is 10.1 Å². The summed E-state index contributed by atoms with van der Waals surface area (Å²) in [5, 5.41) is 17.6. The standard InChI is InChI=1S/C23H19N5O2/c1-15-11-20(26-22-18(15)9-6-10-19(22)30-2)28-23(17(13-24)14-25-28)27-21(29)12-16-7-4-3-5-8-16/h3-11,14H,12H2,1-2H3,(H,27,29). The zero-order valence-electron chi connectivity index (χ0n) is 16.6. The molecule has 148 valence electrons. The summed E-state index contributed by atoms with van der Waals surface area (Å²) in [4.78, 5) is 17.3. The molecule has 0 saturated carbocycles. The summed E-state index contributed by atoms with van der Waals surface area (Å²) >= 11 is 0. The number of amides is 1. The molecule has 0 radical (unpaired) electrons. The number of ether oxygens (including phenoxy) is 1. The second kappa shape index (κ2) is 8.05. The number of nitrogens with zero attached hydrogens (tertiary/aromatic N) is 4. The van der Waals surface area contributed by atoms with Gasteiger partial charge in [0, 0.05) is 5.39 Å². The van der Waals surface area contributed by atoms with Crippen molar-refractivity contribution in [2.45, 2.75) is 13.3 Å². The Morgan fingerprint density at radius 2 is 2.00 bits per heavy atom. The van der Waals surface area contributed by atoms with Gasteiger partial charge in [-0.2, -0.15) is 15.0 Å². The Morgan fingerprint density at radius 1 is 1.20 bits per heavy atom. The molecule has 0 fully saturated rings. The highest BCUT2D eigenvalue weighted by Crippen LogP contribution is 2.29. The highest BCUT2D eigenvalue weighted by Gasteiger charge is 2.18. The first-order valence-electron chi connectivity index (χ1n) is 9.37. The van der Waals surface area contributed by atoms with Crippen molar-refractivity contribution in [1.29, 1.82) is 5.26 Å². The van der Waals surface area contributed by atoms with Crippen molar-refractivity contribution in [2.24, 2.45) is 0 Å². The van der Waals surface area contributed by atoms with Crippen LogP contribution < -0.4 is 10.1 Å². The number of rotatable bonds is 5. The van der Waals surface area contributed by atoms with E-state index in [1.165, 1.54) is 10.9 Å². The molecule has 30 heavy (non-hydrogen) atoms. The Bertz CT molecular complexity index is 1270. The fourth-order valence-electron chi connectivity index (χ4n) is 3.33. The van der Waals surface area contributed by atoms with Crippen molar-refractivity contribution in [3.05, 3.63) is 77.5 Å². The number of pyridine rings is 1. The SMILES string of the molecule is COc1cccc2c(C)cc(-n3ncc(C#N)c3NC(=O)Cc3ccccc3)nc12. The number of carbonyl (C=O) groups is 1. The topological polar surface area (TPSA) is 92.8 Å². The number of nitrogens with one attached hydrogen (secondary N) is 1. The van der Waals surface area contributed by atoms with Crippen LogP contribution in [0.25, 0.3) is 16.7 Å². The molecule has 4 rings (SSSR count). The molecule has 7 nitrogen and oxygen atoms in total. The number of benzene rings is 2. The first-order valence-corrected chi connectivity index (χ1v) is 9.37. The lowest BCUT2D eigenvalue weighted by Gasteiger charge is -2.12. The largest absolute Gasteiger partial charge is 0.494 e. The summed E-state index contributed by atoms with van der Waals surface area (Å²) in [6.07, 6.45) is 1.61. The van der Waals surface area contributed by atoms with Crippen molar-refractivity contribution in [3.63, 3.8) is 0 Å². The zero-order valence-corrected chi connectivity index (χ0v) is 16.6. The van der Waals surface area contributed by atoms with Gasteiger partial charge in [-0.05, 0) is 30.2 Å². The number of methoxy groups -OCH3 is 1. The van der Waals surface area contributed by atoms with E-state index in [4.69, 9.17) is 9.72 Å². The molecular formula is C23H19N5O2. The average Bonchev–Trinajstić information content (AvgIpc) is 3.16. The lowest BCUT2D eigenvalue weighted by atomic mass is 10.1. The normalized spacial score (nSPS) is 10.6. The predicted octanol–water partition coefficient (Wildman–Crippen LogP) is 3.79. The highest BCUT2D eigenvalue weighted by molar-refractivity contribution is 5.93. The number of aromatic nitrogens is 3. The molecule has 0 spiro atoms. The summed E-state index contributed by atoms with van der Waals surface area (Å²) in [5.74, 6) is 1.18. The van der Waals surface area contributed by atoms with Crippen LogP contribution in [0, 0.1) is 18.3 Å². The Labute approximate surface area is 173 Å². The summed E-state index contributed by atoms with van der Waals surface area (Å²) in [6.45, 7) is 1.97. The number of nitriles is 1. The molecule has 0 unspecified atom stereocenters. The van der Waals surface area contributed by atoms with Gasteiger partial charge in [0.05, 0.1) is 19.7 Å². The first kappa shape index (κ1) is 19.2. The Balaban J connectivity index is 1.75. The quantitative estimate of drug-likeness (QED) is 0.553. The van der Waals surface area contributed by atoms with Gasteiger partial charge in [0.1, 0.15) is 22.9 Å². The maximum absolute atomic E-state index is 12.6. The molecule has 4 aromatic rings. The molecule has 0 saturated heterocycles. The maximum Gasteiger partial charge on any atom is 0.229 e. The van der Waals surface area contributed by atoms with Gasteiger partial charge in [-0.1, -0.05) is 42.5 Å². The Kier molecular flexibility index (Phi) is 5.14. The third kappa shape index (κ3) is 3.59. The number of para-hydroxylation sites is 1. The summed E-state index contributed by atoms with van der Waals surface area (Å²) in [6, 6.07) is 19.1. The third-order valence-electron chi connectivity index (χ3n) is 4.79. The third-order valence-corrected chi connectivity index (χ3v) is 4.79. The molecule has 0 aliphatic heterocycles. The molecule has 0 atom stereocenters. The van der Waals surface area contributed by atoms with Crippen LogP contribution in [-0.2, 0) is 11.2 Å². The molecule has 0 aliphatic rings. The number of carbonyl (C=O) groups excluding carboxylic acids is 1. The molecule has 1 N–H and O–H groups in total. The van der Waals surface area contributed by atoms with Gasteiger partial charge in [-0.25, -0.2) is 4.98 Å². The lowest BCUT2D eigenvalue weighted by molar-refractivity contribution is -0.115. The van der Waals surface area contributed by atoms with E-state index < -0.39 is 0 Å². The van der Waals surface area contributed by atoms with Crippen LogP contribution in [0.3, 0.4) is 0 Å². The summed E-state index contributed by atoms with van der Waals surface area (Å²) in [5.41, 5.74) is 2.80. The smallest absolute Gasteiger partial charge is 0.229 e. The van der Waals surface area contributed by atoms with Crippen LogP contribution in [0.5, 0.6) is 5.75 Å². The van der Waals surface area contributed by atoms with Gasteiger partial charge < -0.3 is 10.1 Å². The molecule has 7 heteroatoms. The van der Waals surface area contributed by atoms with Crippen molar-refractivity contribution in [3.8, 4) is 17.6 Å². The molecule has 1 amide bonds. The van der Waals surface area contributed by atoms with Crippen LogP contribution in [-0.4, -0.2) is 27.8 Å². The second-order valence-electron chi connectivity index (χ2n) is 6.79. The van der Waals surface area contributed by atoms with Crippen LogP contribution in [0.1, 0.15) is 16.7 Å². The Morgan fingerprint density at radius 3 is 2.73 bits per heavy atom. The molecule has 2 aromatic heterocycles. The minimum Gasteiger partial charge on any atom is -0.494 e. The van der Waals surface area contributed by atoms with E-state index in [0.29, 0.717) is 22.9 Å². The van der Waals surface area contributed by atoms with Crippen molar-refractivity contribution < 1.29 is 9.53 Å². The maximum atomic E-state index is 12.6. The van der Waals surface area contributed by atoms with Gasteiger partial charge in [0.25, 0.3) is 0 Å². The van der Waals surface area contributed by atoms with Crippen molar-refractivity contribution >= 4 is 22.6 Å². The minimum atomic E-state index is -0.241. The van der Waals surface area contributed by atoms with Gasteiger partial charge in [0.15, 0.2) is 11.6 Å². The molecule has 2 aromatic carbocycles. The van der Waals surface area contributed by atoms with E-state index in [0.717, 1.165) is 16.5 Å². The highest BCUT2D eigenvalue weighted by atomic mass is 16.5. The van der Waals surface area contributed by atoms with Gasteiger partial charge in [-0.15, -0.1) is 0 Å². The number of hydrogen-bond acceptors (Lipinski definition) is 5. The molecule has 0 bridgehead atoms. The monoisotopic (exact) mass is 397 g/mol. The minimum absolute atomic E-state index is 0.189. The number of aryl methyl sites for hydroxylation is 1. The summed E-state index contributed by atoms with van der Waals surface area (Å²) < 4.78 is 6.92. The number of fused-ring (bicyclic) bond motifs is 1. The average molecular weight is 397 g/mol. The van der Waals surface area contributed by atoms with Crippen molar-refractivity contribution in [1.82, 2.24) is 14.8 Å². The molecule has 2 heterocycles.